The molecule has 0 aliphatic carbocycles. The number of hydrogen-bond donors (Lipinski definition) is 0. The van der Waals surface area contributed by atoms with Crippen LogP contribution in [0.5, 0.6) is 0 Å². The summed E-state index contributed by atoms with van der Waals surface area (Å²) < 4.78 is 7.45. The largest absolute Gasteiger partial charge is 0.455 e. The second-order valence-corrected chi connectivity index (χ2v) is 10.1. The molecule has 38 heavy (non-hydrogen) atoms. The van der Waals surface area contributed by atoms with Crippen LogP contribution in [0.1, 0.15) is 0 Å². The lowest BCUT2D eigenvalue weighted by Gasteiger charge is -2.09. The van der Waals surface area contributed by atoms with E-state index in [1.165, 1.54) is 0 Å². The first-order valence-electron chi connectivity index (χ1n) is 12.4. The molecule has 0 saturated heterocycles. The van der Waals surface area contributed by atoms with Gasteiger partial charge in [0, 0.05) is 37.5 Å². The number of aromatic nitrogens is 2. The van der Waals surface area contributed by atoms with Crippen LogP contribution in [0.2, 0.25) is 0 Å². The molecule has 0 radical (unpaired) electrons. The fourth-order valence-electron chi connectivity index (χ4n) is 4.91. The van der Waals surface area contributed by atoms with Gasteiger partial charge >= 0.3 is 0 Å². The molecule has 0 aliphatic rings. The van der Waals surface area contributed by atoms with Crippen LogP contribution in [0.15, 0.2) is 136 Å². The van der Waals surface area contributed by atoms with Crippen LogP contribution >= 0.6 is 15.9 Å². The first kappa shape index (κ1) is 22.6. The minimum atomic E-state index is 0.705. The summed E-state index contributed by atoms with van der Waals surface area (Å²) >= 11 is 3.60. The molecule has 2 aromatic heterocycles. The molecule has 7 aromatic rings. The summed E-state index contributed by atoms with van der Waals surface area (Å²) in [6.45, 7) is 0. The average molecular weight is 553 g/mol. The van der Waals surface area contributed by atoms with Crippen molar-refractivity contribution in [2.75, 3.05) is 0 Å². The number of furan rings is 1. The number of benzene rings is 5. The zero-order valence-electron chi connectivity index (χ0n) is 20.3. The summed E-state index contributed by atoms with van der Waals surface area (Å²) in [5, 5.41) is 2.15. The van der Waals surface area contributed by atoms with Crippen molar-refractivity contribution in [2.24, 2.45) is 0 Å². The van der Waals surface area contributed by atoms with E-state index >= 15 is 0 Å². The first-order valence-corrected chi connectivity index (χ1v) is 13.2. The second-order valence-electron chi connectivity index (χ2n) is 9.20. The lowest BCUT2D eigenvalue weighted by atomic mass is 10.0. The van der Waals surface area contributed by atoms with Crippen LogP contribution in [0.25, 0.3) is 67.0 Å². The zero-order valence-corrected chi connectivity index (χ0v) is 21.9. The minimum absolute atomic E-state index is 0.705. The van der Waals surface area contributed by atoms with Gasteiger partial charge in [-0.05, 0) is 42.0 Å². The van der Waals surface area contributed by atoms with Gasteiger partial charge in [0.15, 0.2) is 5.82 Å². The minimum Gasteiger partial charge on any atom is -0.455 e. The number of hydrogen-bond acceptors (Lipinski definition) is 3. The molecule has 0 fully saturated rings. The van der Waals surface area contributed by atoms with E-state index in [0.29, 0.717) is 5.82 Å². The fraction of sp³-hybridized carbons (Fsp3) is 0. The summed E-state index contributed by atoms with van der Waals surface area (Å²) in [4.78, 5) is 9.92. The maximum atomic E-state index is 6.41. The third-order valence-electron chi connectivity index (χ3n) is 6.76. The van der Waals surface area contributed by atoms with Gasteiger partial charge in [0.1, 0.15) is 11.2 Å². The van der Waals surface area contributed by atoms with Crippen LogP contribution in [-0.4, -0.2) is 9.97 Å². The lowest BCUT2D eigenvalue weighted by Crippen LogP contribution is -1.95. The third kappa shape index (κ3) is 4.09. The molecular formula is C34H21BrN2O. The van der Waals surface area contributed by atoms with Crippen molar-refractivity contribution in [3.05, 3.63) is 132 Å². The van der Waals surface area contributed by atoms with Crippen molar-refractivity contribution in [2.45, 2.75) is 0 Å². The monoisotopic (exact) mass is 552 g/mol. The molecule has 0 unspecified atom stereocenters. The molecule has 0 N–H and O–H groups in total. The number of rotatable bonds is 4. The van der Waals surface area contributed by atoms with E-state index < -0.39 is 0 Å². The Morgan fingerprint density at radius 1 is 0.500 bits per heavy atom. The standard InChI is InChI=1S/C34H21BrN2O/c35-26-14-7-13-24(19-26)27-15-8-16-28-29-20-25(17-18-32(29)38-33(27)28)31-21-30(22-9-3-1-4-10-22)36-34(37-31)23-11-5-2-6-12-23/h1-21H. The van der Waals surface area contributed by atoms with Crippen LogP contribution in [0, 0.1) is 0 Å². The van der Waals surface area contributed by atoms with Crippen molar-refractivity contribution in [3.63, 3.8) is 0 Å². The van der Waals surface area contributed by atoms with Crippen molar-refractivity contribution >= 4 is 37.9 Å². The van der Waals surface area contributed by atoms with Crippen LogP contribution in [0.3, 0.4) is 0 Å². The molecule has 5 aromatic carbocycles. The van der Waals surface area contributed by atoms with Crippen molar-refractivity contribution < 1.29 is 4.42 Å². The van der Waals surface area contributed by atoms with Crippen LogP contribution < -0.4 is 0 Å². The number of nitrogens with zero attached hydrogens (tertiary/aromatic N) is 2. The van der Waals surface area contributed by atoms with Gasteiger partial charge in [-0.2, -0.15) is 0 Å². The van der Waals surface area contributed by atoms with Gasteiger partial charge < -0.3 is 4.42 Å². The Morgan fingerprint density at radius 3 is 1.95 bits per heavy atom. The van der Waals surface area contributed by atoms with E-state index in [1.54, 1.807) is 0 Å². The molecule has 0 spiro atoms. The van der Waals surface area contributed by atoms with Gasteiger partial charge in [-0.3, -0.25) is 0 Å². The molecule has 0 bridgehead atoms. The van der Waals surface area contributed by atoms with Gasteiger partial charge in [-0.25, -0.2) is 9.97 Å². The van der Waals surface area contributed by atoms with E-state index in [0.717, 1.165) is 65.6 Å². The van der Waals surface area contributed by atoms with Gasteiger partial charge in [0.2, 0.25) is 0 Å². The zero-order chi connectivity index (χ0) is 25.5. The first-order chi connectivity index (χ1) is 18.7. The summed E-state index contributed by atoms with van der Waals surface area (Å²) in [7, 11) is 0. The Bertz CT molecular complexity index is 1870. The molecule has 4 heteroatoms. The van der Waals surface area contributed by atoms with Crippen molar-refractivity contribution in [3.8, 4) is 45.0 Å². The predicted octanol–water partition coefficient (Wildman–Crippen LogP) is 9.81. The molecule has 0 aliphatic heterocycles. The van der Waals surface area contributed by atoms with E-state index in [2.05, 4.69) is 76.6 Å². The quantitative estimate of drug-likeness (QED) is 0.218. The molecule has 7 rings (SSSR count). The lowest BCUT2D eigenvalue weighted by molar-refractivity contribution is 0.670. The molecule has 0 amide bonds. The van der Waals surface area contributed by atoms with E-state index in [9.17, 15) is 0 Å². The van der Waals surface area contributed by atoms with E-state index in [4.69, 9.17) is 14.4 Å². The van der Waals surface area contributed by atoms with Gasteiger partial charge in [-0.15, -0.1) is 0 Å². The molecule has 0 atom stereocenters. The SMILES string of the molecule is Brc1cccc(-c2cccc3c2oc2ccc(-c4cc(-c5ccccc5)nc(-c5ccccc5)n4)cc23)c1. The predicted molar refractivity (Wildman–Crippen MR) is 159 cm³/mol. The summed E-state index contributed by atoms with van der Waals surface area (Å²) in [5.41, 5.74) is 8.75. The third-order valence-corrected chi connectivity index (χ3v) is 7.25. The molecular weight excluding hydrogens is 532 g/mol. The highest BCUT2D eigenvalue weighted by Gasteiger charge is 2.15. The van der Waals surface area contributed by atoms with Crippen LogP contribution in [-0.2, 0) is 0 Å². The van der Waals surface area contributed by atoms with Gasteiger partial charge in [-0.1, -0.05) is 107 Å². The van der Waals surface area contributed by atoms with Crippen molar-refractivity contribution in [1.82, 2.24) is 9.97 Å². The smallest absolute Gasteiger partial charge is 0.160 e. The molecule has 3 nitrogen and oxygen atoms in total. The summed E-state index contributed by atoms with van der Waals surface area (Å²) in [6, 6.07) is 43.4. The van der Waals surface area contributed by atoms with Gasteiger partial charge in [0.25, 0.3) is 0 Å². The Morgan fingerprint density at radius 2 is 1.18 bits per heavy atom. The Hall–Kier alpha value is -4.54. The second kappa shape index (κ2) is 9.40. The Labute approximate surface area is 228 Å². The highest BCUT2D eigenvalue weighted by Crippen LogP contribution is 2.38. The average Bonchev–Trinajstić information content (AvgIpc) is 3.36. The topological polar surface area (TPSA) is 38.9 Å². The highest BCUT2D eigenvalue weighted by molar-refractivity contribution is 9.10. The Balaban J connectivity index is 1.42. The fourth-order valence-corrected chi connectivity index (χ4v) is 5.31. The normalized spacial score (nSPS) is 11.3. The number of fused-ring (bicyclic) bond motifs is 3. The summed E-state index contributed by atoms with van der Waals surface area (Å²) in [6.07, 6.45) is 0. The maximum Gasteiger partial charge on any atom is 0.160 e. The molecule has 180 valence electrons. The molecule has 0 saturated carbocycles. The maximum absolute atomic E-state index is 6.41. The van der Waals surface area contributed by atoms with Crippen LogP contribution in [0.4, 0.5) is 0 Å². The summed E-state index contributed by atoms with van der Waals surface area (Å²) in [5.74, 6) is 0.705. The van der Waals surface area contributed by atoms with Gasteiger partial charge in [0.05, 0.1) is 11.4 Å². The van der Waals surface area contributed by atoms with E-state index in [1.807, 2.05) is 66.7 Å². The number of para-hydroxylation sites is 1. The van der Waals surface area contributed by atoms with E-state index in [-0.39, 0.29) is 0 Å². The van der Waals surface area contributed by atoms with Crippen molar-refractivity contribution in [1.29, 1.82) is 0 Å². The number of halogens is 1. The molecule has 2 heterocycles. The Kier molecular flexibility index (Phi) is 5.60. The highest BCUT2D eigenvalue weighted by atomic mass is 79.9.